The highest BCUT2D eigenvalue weighted by atomic mass is 32.2. The van der Waals surface area contributed by atoms with Gasteiger partial charge in [-0.3, -0.25) is 0 Å². The van der Waals surface area contributed by atoms with Crippen molar-refractivity contribution in [3.8, 4) is 0 Å². The number of aryl methyl sites for hydroxylation is 1. The summed E-state index contributed by atoms with van der Waals surface area (Å²) in [6.45, 7) is 2.12. The smallest absolute Gasteiger partial charge is 0.182 e. The molecule has 24 heavy (non-hydrogen) atoms. The van der Waals surface area contributed by atoms with Crippen LogP contribution in [0, 0.1) is 6.92 Å². The van der Waals surface area contributed by atoms with Crippen LogP contribution >= 0.6 is 0 Å². The molecule has 1 unspecified atom stereocenters. The van der Waals surface area contributed by atoms with Gasteiger partial charge in [0.05, 0.1) is 10.1 Å². The highest BCUT2D eigenvalue weighted by Gasteiger charge is 2.28. The molecule has 0 fully saturated rings. The molecule has 0 amide bonds. The molecule has 0 saturated carbocycles. The molecule has 5 heteroatoms. The zero-order valence-corrected chi connectivity index (χ0v) is 14.8. The first-order valence-electron chi connectivity index (χ1n) is 7.98. The topological polar surface area (TPSA) is 65.1 Å². The minimum Gasteiger partial charge on any atom is -0.348 e. The van der Waals surface area contributed by atoms with Gasteiger partial charge in [-0.15, -0.1) is 0 Å². The third-order valence-electron chi connectivity index (χ3n) is 4.74. The Morgan fingerprint density at radius 1 is 1.04 bits per heavy atom. The summed E-state index contributed by atoms with van der Waals surface area (Å²) >= 11 is 0. The zero-order chi connectivity index (χ0) is 17.3. The molecule has 126 valence electrons. The summed E-state index contributed by atoms with van der Waals surface area (Å²) in [4.78, 5) is 0.332. The molecule has 1 aromatic heterocycles. The summed E-state index contributed by atoms with van der Waals surface area (Å²) in [6, 6.07) is 16.6. The van der Waals surface area contributed by atoms with Crippen molar-refractivity contribution in [3.05, 3.63) is 65.9 Å². The van der Waals surface area contributed by atoms with Gasteiger partial charge in [-0.05, 0) is 37.1 Å². The van der Waals surface area contributed by atoms with Crippen molar-refractivity contribution in [2.24, 2.45) is 12.8 Å². The Morgan fingerprint density at radius 2 is 1.67 bits per heavy atom. The lowest BCUT2D eigenvalue weighted by molar-refractivity contribution is 0.578. The van der Waals surface area contributed by atoms with Crippen LogP contribution in [0.2, 0.25) is 0 Å². The maximum absolute atomic E-state index is 12.9. The van der Waals surface area contributed by atoms with Gasteiger partial charge in [-0.25, -0.2) is 8.42 Å². The quantitative estimate of drug-likeness (QED) is 0.775. The largest absolute Gasteiger partial charge is 0.348 e. The Hall–Kier alpha value is -2.11. The standard InChI is InChI=1S/C19H22N2O2S/c1-14-18(17-10-6-7-11-19(17)21(14)2)12-16(13-20)24(22,23)15-8-4-3-5-9-15/h3-11,16H,12-13,20H2,1-2H3. The molecule has 0 radical (unpaired) electrons. The molecule has 0 spiro atoms. The minimum atomic E-state index is -3.46. The normalized spacial score (nSPS) is 13.3. The van der Waals surface area contributed by atoms with Crippen molar-refractivity contribution in [3.63, 3.8) is 0 Å². The summed E-state index contributed by atoms with van der Waals surface area (Å²) in [5, 5.41) is 0.462. The van der Waals surface area contributed by atoms with Gasteiger partial charge in [-0.1, -0.05) is 36.4 Å². The van der Waals surface area contributed by atoms with Crippen LogP contribution in [-0.4, -0.2) is 24.8 Å². The highest BCUT2D eigenvalue weighted by molar-refractivity contribution is 7.92. The van der Waals surface area contributed by atoms with Gasteiger partial charge in [0.25, 0.3) is 0 Å². The van der Waals surface area contributed by atoms with Gasteiger partial charge >= 0.3 is 0 Å². The molecular weight excluding hydrogens is 320 g/mol. The van der Waals surface area contributed by atoms with Crippen LogP contribution in [0.3, 0.4) is 0 Å². The molecule has 3 rings (SSSR count). The Kier molecular flexibility index (Phi) is 4.47. The molecular formula is C19H22N2O2S. The predicted octanol–water partition coefficient (Wildman–Crippen LogP) is 2.83. The lowest BCUT2D eigenvalue weighted by Gasteiger charge is -2.16. The first-order chi connectivity index (χ1) is 11.5. The van der Waals surface area contributed by atoms with Crippen LogP contribution in [-0.2, 0) is 23.3 Å². The molecule has 0 aliphatic heterocycles. The zero-order valence-electron chi connectivity index (χ0n) is 13.9. The van der Waals surface area contributed by atoms with Crippen molar-refractivity contribution < 1.29 is 8.42 Å². The fraction of sp³-hybridized carbons (Fsp3) is 0.263. The van der Waals surface area contributed by atoms with E-state index in [-0.39, 0.29) is 6.54 Å². The second kappa shape index (κ2) is 6.42. The minimum absolute atomic E-state index is 0.0971. The van der Waals surface area contributed by atoms with Gasteiger partial charge in [0.2, 0.25) is 0 Å². The average molecular weight is 342 g/mol. The Labute approximate surface area is 142 Å². The second-order valence-electron chi connectivity index (χ2n) is 6.06. The van der Waals surface area contributed by atoms with E-state index in [4.69, 9.17) is 5.73 Å². The predicted molar refractivity (Wildman–Crippen MR) is 97.8 cm³/mol. The van der Waals surface area contributed by atoms with E-state index < -0.39 is 15.1 Å². The molecule has 3 aromatic rings. The number of para-hydroxylation sites is 1. The molecule has 0 bridgehead atoms. The van der Waals surface area contributed by atoms with E-state index in [0.717, 1.165) is 22.2 Å². The van der Waals surface area contributed by atoms with Crippen molar-refractivity contribution in [2.75, 3.05) is 6.54 Å². The fourth-order valence-electron chi connectivity index (χ4n) is 3.21. The summed E-state index contributed by atoms with van der Waals surface area (Å²) in [5.74, 6) is 0. The van der Waals surface area contributed by atoms with Crippen LogP contribution < -0.4 is 5.73 Å². The lowest BCUT2D eigenvalue weighted by atomic mass is 10.1. The SMILES string of the molecule is Cc1c(CC(CN)S(=O)(=O)c2ccccc2)c2ccccc2n1C. The molecule has 0 aliphatic carbocycles. The number of aromatic nitrogens is 1. The van der Waals surface area contributed by atoms with Crippen LogP contribution in [0.25, 0.3) is 10.9 Å². The van der Waals surface area contributed by atoms with Crippen LogP contribution in [0.1, 0.15) is 11.3 Å². The van der Waals surface area contributed by atoms with Crippen LogP contribution in [0.5, 0.6) is 0 Å². The van der Waals surface area contributed by atoms with E-state index >= 15 is 0 Å². The second-order valence-corrected chi connectivity index (χ2v) is 8.29. The van der Waals surface area contributed by atoms with E-state index in [1.807, 2.05) is 38.2 Å². The van der Waals surface area contributed by atoms with Gasteiger partial charge in [0.1, 0.15) is 0 Å². The Morgan fingerprint density at radius 3 is 2.33 bits per heavy atom. The van der Waals surface area contributed by atoms with E-state index in [2.05, 4.69) is 10.6 Å². The number of hydrogen-bond acceptors (Lipinski definition) is 3. The van der Waals surface area contributed by atoms with Gasteiger partial charge < -0.3 is 10.3 Å². The van der Waals surface area contributed by atoms with Gasteiger partial charge in [0.15, 0.2) is 9.84 Å². The molecule has 1 heterocycles. The number of nitrogens with zero attached hydrogens (tertiary/aromatic N) is 1. The van der Waals surface area contributed by atoms with Crippen molar-refractivity contribution in [2.45, 2.75) is 23.5 Å². The van der Waals surface area contributed by atoms with E-state index in [1.165, 1.54) is 0 Å². The molecule has 2 aromatic carbocycles. The summed E-state index contributed by atoms with van der Waals surface area (Å²) in [7, 11) is -1.46. The maximum atomic E-state index is 12.9. The third kappa shape index (κ3) is 2.74. The average Bonchev–Trinajstić information content (AvgIpc) is 2.85. The summed E-state index contributed by atoms with van der Waals surface area (Å²) in [6.07, 6.45) is 0.418. The number of hydrogen-bond donors (Lipinski definition) is 1. The lowest BCUT2D eigenvalue weighted by Crippen LogP contribution is -2.32. The number of rotatable bonds is 5. The summed E-state index contributed by atoms with van der Waals surface area (Å²) < 4.78 is 28.0. The van der Waals surface area contributed by atoms with E-state index in [9.17, 15) is 8.42 Å². The monoisotopic (exact) mass is 342 g/mol. The number of fused-ring (bicyclic) bond motifs is 1. The number of nitrogens with two attached hydrogens (primary N) is 1. The first-order valence-corrected chi connectivity index (χ1v) is 9.53. The maximum Gasteiger partial charge on any atom is 0.182 e. The Bertz CT molecular complexity index is 960. The third-order valence-corrected chi connectivity index (χ3v) is 6.90. The van der Waals surface area contributed by atoms with E-state index in [1.54, 1.807) is 24.3 Å². The molecule has 0 saturated heterocycles. The molecule has 1 atom stereocenters. The highest BCUT2D eigenvalue weighted by Crippen LogP contribution is 2.28. The molecule has 0 aliphatic rings. The van der Waals surface area contributed by atoms with Crippen LogP contribution in [0.15, 0.2) is 59.5 Å². The fourth-order valence-corrected chi connectivity index (χ4v) is 4.77. The van der Waals surface area contributed by atoms with Crippen LogP contribution in [0.4, 0.5) is 0 Å². The van der Waals surface area contributed by atoms with Crippen molar-refractivity contribution >= 4 is 20.7 Å². The van der Waals surface area contributed by atoms with E-state index in [0.29, 0.717) is 11.3 Å². The Balaban J connectivity index is 2.05. The van der Waals surface area contributed by atoms with Crippen molar-refractivity contribution in [1.29, 1.82) is 0 Å². The first kappa shape index (κ1) is 16.7. The number of benzene rings is 2. The molecule has 2 N–H and O–H groups in total. The summed E-state index contributed by atoms with van der Waals surface area (Å²) in [5.41, 5.74) is 9.11. The van der Waals surface area contributed by atoms with Gasteiger partial charge in [0, 0.05) is 30.2 Å². The van der Waals surface area contributed by atoms with Crippen molar-refractivity contribution in [1.82, 2.24) is 4.57 Å². The number of sulfone groups is 1. The molecule has 4 nitrogen and oxygen atoms in total. The van der Waals surface area contributed by atoms with Gasteiger partial charge in [-0.2, -0.15) is 0 Å².